The van der Waals surface area contributed by atoms with E-state index in [0.29, 0.717) is 19.4 Å². The van der Waals surface area contributed by atoms with Crippen molar-refractivity contribution in [1.29, 1.82) is 0 Å². The molecule has 0 unspecified atom stereocenters. The molecule has 29 heavy (non-hydrogen) atoms. The number of rotatable bonds is 8. The summed E-state index contributed by atoms with van der Waals surface area (Å²) in [5.41, 5.74) is 5.63. The van der Waals surface area contributed by atoms with Crippen LogP contribution in [0.4, 0.5) is 0 Å². The molecule has 0 heterocycles. The number of hydrogen-bond donors (Lipinski definition) is 1. The van der Waals surface area contributed by atoms with Crippen LogP contribution in [0.5, 0.6) is 5.75 Å². The van der Waals surface area contributed by atoms with Crippen LogP contribution in [-0.4, -0.2) is 12.1 Å². The zero-order valence-electron chi connectivity index (χ0n) is 15.6. The molecule has 148 valence electrons. The number of carbonyl (C=O) groups is 1. The lowest BCUT2D eigenvalue weighted by Gasteiger charge is -2.11. The fourth-order valence-corrected chi connectivity index (χ4v) is 4.11. The summed E-state index contributed by atoms with van der Waals surface area (Å²) in [7, 11) is 0. The number of hydrogen-bond acceptors (Lipinski definition) is 3. The number of carbonyl (C=O) groups excluding carboxylic acids is 1. The Bertz CT molecular complexity index is 954. The van der Waals surface area contributed by atoms with Gasteiger partial charge in [0.1, 0.15) is 12.4 Å². The van der Waals surface area contributed by atoms with E-state index in [1.54, 1.807) is 6.21 Å². The second-order valence-corrected chi connectivity index (χ2v) is 8.08. The molecule has 6 heteroatoms. The maximum Gasteiger partial charge on any atom is 0.240 e. The number of nitrogens with one attached hydrogen (secondary N) is 1. The third-order valence-corrected chi connectivity index (χ3v) is 5.31. The van der Waals surface area contributed by atoms with Gasteiger partial charge in [-0.15, -0.1) is 0 Å². The molecular formula is C23H20Br2N2O2. The van der Waals surface area contributed by atoms with Gasteiger partial charge in [-0.25, -0.2) is 5.43 Å². The van der Waals surface area contributed by atoms with Crippen molar-refractivity contribution < 1.29 is 9.53 Å². The Hall–Kier alpha value is -2.44. The standard InChI is InChI=1S/C23H20Br2N2O2/c24-20-13-19(14-21(25)23(20)29-16-18-9-5-2-6-10-18)15-26-27-22(28)12-11-17-7-3-1-4-8-17/h1-10,13-15H,11-12,16H2,(H,27,28)/b26-15-. The Labute approximate surface area is 187 Å². The molecule has 0 aliphatic rings. The van der Waals surface area contributed by atoms with Gasteiger partial charge in [0.2, 0.25) is 5.91 Å². The number of amides is 1. The molecule has 0 radical (unpaired) electrons. The summed E-state index contributed by atoms with van der Waals surface area (Å²) in [6.07, 6.45) is 2.69. The van der Waals surface area contributed by atoms with E-state index in [2.05, 4.69) is 42.4 Å². The first-order valence-electron chi connectivity index (χ1n) is 9.13. The van der Waals surface area contributed by atoms with Gasteiger partial charge in [-0.3, -0.25) is 4.79 Å². The van der Waals surface area contributed by atoms with Gasteiger partial charge in [-0.2, -0.15) is 5.10 Å². The van der Waals surface area contributed by atoms with E-state index in [4.69, 9.17) is 4.74 Å². The van der Waals surface area contributed by atoms with E-state index in [9.17, 15) is 4.79 Å². The van der Waals surface area contributed by atoms with Crippen molar-refractivity contribution in [3.05, 3.63) is 98.4 Å². The van der Waals surface area contributed by atoms with Crippen LogP contribution >= 0.6 is 31.9 Å². The van der Waals surface area contributed by atoms with Crippen LogP contribution in [0, 0.1) is 0 Å². The highest BCUT2D eigenvalue weighted by atomic mass is 79.9. The van der Waals surface area contributed by atoms with Crippen LogP contribution in [0.25, 0.3) is 0 Å². The molecule has 0 bridgehead atoms. The topological polar surface area (TPSA) is 50.7 Å². The normalized spacial score (nSPS) is 10.8. The lowest BCUT2D eigenvalue weighted by molar-refractivity contribution is -0.121. The number of ether oxygens (including phenoxy) is 1. The minimum absolute atomic E-state index is 0.119. The van der Waals surface area contributed by atoms with E-state index >= 15 is 0 Å². The Balaban J connectivity index is 1.53. The molecule has 3 aromatic rings. The molecule has 0 aliphatic carbocycles. The van der Waals surface area contributed by atoms with Crippen molar-refractivity contribution in [2.45, 2.75) is 19.4 Å². The Kier molecular flexibility index (Phi) is 8.02. The van der Waals surface area contributed by atoms with Crippen LogP contribution in [-0.2, 0) is 17.8 Å². The smallest absolute Gasteiger partial charge is 0.240 e. The molecule has 0 saturated carbocycles. The molecule has 0 spiro atoms. The molecule has 0 atom stereocenters. The highest BCUT2D eigenvalue weighted by Crippen LogP contribution is 2.35. The van der Waals surface area contributed by atoms with Crippen molar-refractivity contribution in [3.8, 4) is 5.75 Å². The number of benzene rings is 3. The minimum Gasteiger partial charge on any atom is -0.487 e. The highest BCUT2D eigenvalue weighted by Gasteiger charge is 2.09. The third-order valence-electron chi connectivity index (χ3n) is 4.13. The molecule has 0 aromatic heterocycles. The van der Waals surface area contributed by atoms with Gasteiger partial charge in [0.05, 0.1) is 15.2 Å². The summed E-state index contributed by atoms with van der Waals surface area (Å²) >= 11 is 7.08. The number of halogens is 2. The first-order chi connectivity index (χ1) is 14.1. The van der Waals surface area contributed by atoms with Crippen LogP contribution in [0.2, 0.25) is 0 Å². The van der Waals surface area contributed by atoms with Crippen LogP contribution in [0.15, 0.2) is 86.8 Å². The molecule has 3 aromatic carbocycles. The summed E-state index contributed by atoms with van der Waals surface area (Å²) in [4.78, 5) is 12.0. The lowest BCUT2D eigenvalue weighted by atomic mass is 10.1. The molecule has 1 N–H and O–H groups in total. The molecular weight excluding hydrogens is 496 g/mol. The third kappa shape index (κ3) is 6.84. The number of nitrogens with zero attached hydrogens (tertiary/aromatic N) is 1. The van der Waals surface area contributed by atoms with Crippen molar-refractivity contribution >= 4 is 44.0 Å². The first-order valence-corrected chi connectivity index (χ1v) is 10.7. The van der Waals surface area contributed by atoms with Gasteiger partial charge in [0.25, 0.3) is 0 Å². The summed E-state index contributed by atoms with van der Waals surface area (Å²) in [6.45, 7) is 0.475. The molecule has 0 aliphatic heterocycles. The molecule has 4 nitrogen and oxygen atoms in total. The summed E-state index contributed by atoms with van der Waals surface area (Å²) in [6, 6.07) is 23.7. The van der Waals surface area contributed by atoms with Gasteiger partial charge in [-0.1, -0.05) is 60.7 Å². The van der Waals surface area contributed by atoms with Gasteiger partial charge in [0, 0.05) is 6.42 Å². The van der Waals surface area contributed by atoms with Gasteiger partial charge in [-0.05, 0) is 67.1 Å². The quantitative estimate of drug-likeness (QED) is 0.301. The maximum absolute atomic E-state index is 12.0. The maximum atomic E-state index is 12.0. The second-order valence-electron chi connectivity index (χ2n) is 6.37. The van der Waals surface area contributed by atoms with Crippen molar-refractivity contribution in [3.63, 3.8) is 0 Å². The molecule has 0 saturated heterocycles. The van der Waals surface area contributed by atoms with E-state index in [1.807, 2.05) is 72.8 Å². The summed E-state index contributed by atoms with van der Waals surface area (Å²) < 4.78 is 7.53. The fourth-order valence-electron chi connectivity index (χ4n) is 2.66. The zero-order valence-corrected chi connectivity index (χ0v) is 18.8. The largest absolute Gasteiger partial charge is 0.487 e. The highest BCUT2D eigenvalue weighted by molar-refractivity contribution is 9.11. The Morgan fingerprint density at radius 2 is 1.52 bits per heavy atom. The van der Waals surface area contributed by atoms with Gasteiger partial charge < -0.3 is 4.74 Å². The summed E-state index contributed by atoms with van der Waals surface area (Å²) in [5, 5.41) is 4.05. The van der Waals surface area contributed by atoms with Crippen molar-refractivity contribution in [2.24, 2.45) is 5.10 Å². The van der Waals surface area contributed by atoms with Gasteiger partial charge >= 0.3 is 0 Å². The molecule has 3 rings (SSSR count). The average Bonchev–Trinajstić information content (AvgIpc) is 2.73. The van der Waals surface area contributed by atoms with Crippen LogP contribution < -0.4 is 10.2 Å². The fraction of sp³-hybridized carbons (Fsp3) is 0.130. The molecule has 1 amide bonds. The first kappa shape index (κ1) is 21.3. The Morgan fingerprint density at radius 1 is 0.931 bits per heavy atom. The monoisotopic (exact) mass is 514 g/mol. The second kappa shape index (κ2) is 10.9. The van der Waals surface area contributed by atoms with Crippen molar-refractivity contribution in [2.75, 3.05) is 0 Å². The number of hydrazone groups is 1. The van der Waals surface area contributed by atoms with Crippen molar-refractivity contribution in [1.82, 2.24) is 5.43 Å². The minimum atomic E-state index is -0.119. The van der Waals surface area contributed by atoms with E-state index < -0.39 is 0 Å². The SMILES string of the molecule is O=C(CCc1ccccc1)N/N=C\c1cc(Br)c(OCc2ccccc2)c(Br)c1. The van der Waals surface area contributed by atoms with E-state index in [-0.39, 0.29) is 5.91 Å². The predicted molar refractivity (Wildman–Crippen MR) is 123 cm³/mol. The molecule has 0 fully saturated rings. The Morgan fingerprint density at radius 3 is 2.14 bits per heavy atom. The van der Waals surface area contributed by atoms with E-state index in [0.717, 1.165) is 31.4 Å². The number of aryl methyl sites for hydroxylation is 1. The van der Waals surface area contributed by atoms with Crippen LogP contribution in [0.3, 0.4) is 0 Å². The summed E-state index contributed by atoms with van der Waals surface area (Å²) in [5.74, 6) is 0.601. The predicted octanol–water partition coefficient (Wildman–Crippen LogP) is 5.87. The zero-order chi connectivity index (χ0) is 20.5. The average molecular weight is 516 g/mol. The van der Waals surface area contributed by atoms with Crippen LogP contribution in [0.1, 0.15) is 23.1 Å². The van der Waals surface area contributed by atoms with Gasteiger partial charge in [0.15, 0.2) is 0 Å². The lowest BCUT2D eigenvalue weighted by Crippen LogP contribution is -2.17. The van der Waals surface area contributed by atoms with E-state index in [1.165, 1.54) is 0 Å².